The van der Waals surface area contributed by atoms with E-state index in [2.05, 4.69) is 0 Å². The van der Waals surface area contributed by atoms with E-state index < -0.39 is 115 Å². The molecule has 3 rings (SSSR count). The van der Waals surface area contributed by atoms with Crippen LogP contribution in [0, 0.1) is 5.41 Å². The van der Waals surface area contributed by atoms with Gasteiger partial charge >= 0.3 is 41.9 Å². The average molecular weight is 676 g/mol. The molecular formula is C29H41NO17. The summed E-state index contributed by atoms with van der Waals surface area (Å²) in [5.74, 6) is -4.98. The van der Waals surface area contributed by atoms with E-state index in [4.69, 9.17) is 53.1 Å². The molecule has 0 aromatic heterocycles. The molecule has 0 bridgehead atoms. The molecule has 1 amide bonds. The van der Waals surface area contributed by atoms with Crippen molar-refractivity contribution in [2.45, 2.75) is 129 Å². The van der Waals surface area contributed by atoms with Gasteiger partial charge in [-0.15, -0.1) is 0 Å². The molecule has 264 valence electrons. The van der Waals surface area contributed by atoms with Crippen molar-refractivity contribution in [2.75, 3.05) is 6.61 Å². The fourth-order valence-corrected chi connectivity index (χ4v) is 5.84. The van der Waals surface area contributed by atoms with Crippen LogP contribution in [0.2, 0.25) is 0 Å². The number of nitrogens with two attached hydrogens (primary N) is 1. The van der Waals surface area contributed by atoms with Crippen molar-refractivity contribution in [3.8, 4) is 0 Å². The normalized spacial score (nSPS) is 32.7. The lowest BCUT2D eigenvalue weighted by molar-refractivity contribution is -0.370. The van der Waals surface area contributed by atoms with Crippen molar-refractivity contribution < 1.29 is 80.9 Å². The van der Waals surface area contributed by atoms with Crippen molar-refractivity contribution in [1.82, 2.24) is 0 Å². The van der Waals surface area contributed by atoms with Gasteiger partial charge < -0.3 is 53.1 Å². The first-order valence-corrected chi connectivity index (χ1v) is 14.8. The Labute approximate surface area is 270 Å². The van der Waals surface area contributed by atoms with Crippen LogP contribution in [0.3, 0.4) is 0 Å². The molecule has 10 atom stereocenters. The number of primary amides is 1. The fourth-order valence-electron chi connectivity index (χ4n) is 5.84. The molecule has 3 fully saturated rings. The monoisotopic (exact) mass is 675 g/mol. The van der Waals surface area contributed by atoms with E-state index in [0.29, 0.717) is 12.8 Å². The summed E-state index contributed by atoms with van der Waals surface area (Å²) < 4.78 is 56.2. The van der Waals surface area contributed by atoms with Crippen LogP contribution in [0.25, 0.3) is 0 Å². The molecule has 2 aliphatic heterocycles. The third kappa shape index (κ3) is 9.74. The largest absolute Gasteiger partial charge is 0.463 e. The lowest BCUT2D eigenvalue weighted by Crippen LogP contribution is -2.69. The number of carbonyl (C=O) groups is 7. The van der Waals surface area contributed by atoms with Gasteiger partial charge in [-0.25, -0.2) is 4.79 Å². The smallest absolute Gasteiger partial charge is 0.405 e. The second-order valence-corrected chi connectivity index (χ2v) is 11.7. The van der Waals surface area contributed by atoms with Crippen molar-refractivity contribution in [3.05, 3.63) is 0 Å². The zero-order valence-electron chi connectivity index (χ0n) is 27.1. The van der Waals surface area contributed by atoms with E-state index in [1.807, 2.05) is 6.92 Å². The Hall–Kier alpha value is -4.03. The third-order valence-corrected chi connectivity index (χ3v) is 7.75. The Bertz CT molecular complexity index is 1220. The quantitative estimate of drug-likeness (QED) is 0.229. The Kier molecular flexibility index (Phi) is 12.5. The molecule has 1 aliphatic carbocycles. The maximum absolute atomic E-state index is 12.4. The number of hydrogen-bond donors (Lipinski definition) is 1. The molecule has 18 nitrogen and oxygen atoms in total. The standard InChI is InChI=1S/C29H41NO17/c1-12(31)38-11-18-19(39-13(2)32)20(46-28(30)37)23(42-16(5)35)27(44-18)45-24-21(40-14(3)33)22(41-15(4)34)25(29(7)9-8-10-29)47-26(24)43-17(6)36/h18-27H,8-11H2,1-7H3,(H2,30,37)/t18-,19-,20-,21+,22+,23+,24+,25-,26+,27-/m1/s1. The first-order chi connectivity index (χ1) is 21.9. The topological polar surface area (TPSA) is 238 Å². The van der Waals surface area contributed by atoms with Crippen LogP contribution in [-0.4, -0.2) is 110 Å². The molecular weight excluding hydrogens is 634 g/mol. The average Bonchev–Trinajstić information content (AvgIpc) is 2.90. The lowest BCUT2D eigenvalue weighted by Gasteiger charge is -2.54. The SMILES string of the molecule is CC(=O)OC[C@H]1O[C@H](O[C@@H]2[C@@H](OC(C)=O)O[C@@H](C3(C)CCC3)[C@@H](OC(C)=O)[C@@H]2OC(C)=O)[C@@H](OC(C)=O)[C@H](OC(N)=O)[C@@H]1OC(C)=O. The van der Waals surface area contributed by atoms with Gasteiger partial charge in [0.15, 0.2) is 42.9 Å². The van der Waals surface area contributed by atoms with Crippen LogP contribution < -0.4 is 5.73 Å². The van der Waals surface area contributed by atoms with E-state index in [-0.39, 0.29) is 0 Å². The molecule has 3 aliphatic rings. The van der Waals surface area contributed by atoms with Crippen LogP contribution in [0.4, 0.5) is 4.79 Å². The number of amides is 1. The second-order valence-electron chi connectivity index (χ2n) is 11.7. The molecule has 2 heterocycles. The molecule has 0 unspecified atom stereocenters. The van der Waals surface area contributed by atoms with Gasteiger partial charge in [0.1, 0.15) is 18.8 Å². The summed E-state index contributed by atoms with van der Waals surface area (Å²) in [6.45, 7) is 7.75. The predicted octanol–water partition coefficient (Wildman–Crippen LogP) is 0.329. The van der Waals surface area contributed by atoms with E-state index in [0.717, 1.165) is 48.0 Å². The van der Waals surface area contributed by atoms with E-state index >= 15 is 0 Å². The summed E-state index contributed by atoms with van der Waals surface area (Å²) in [4.78, 5) is 85.1. The lowest BCUT2D eigenvalue weighted by atomic mass is 9.64. The highest BCUT2D eigenvalue weighted by molar-refractivity contribution is 5.69. The van der Waals surface area contributed by atoms with Gasteiger partial charge in [0, 0.05) is 41.5 Å². The first-order valence-electron chi connectivity index (χ1n) is 14.8. The van der Waals surface area contributed by atoms with Gasteiger partial charge in [0.2, 0.25) is 6.29 Å². The fraction of sp³-hybridized carbons (Fsp3) is 0.759. The summed E-state index contributed by atoms with van der Waals surface area (Å²) in [7, 11) is 0. The molecule has 0 radical (unpaired) electrons. The van der Waals surface area contributed by atoms with Crippen LogP contribution in [0.1, 0.15) is 67.7 Å². The summed E-state index contributed by atoms with van der Waals surface area (Å²) in [6.07, 6.45) is -14.6. The highest BCUT2D eigenvalue weighted by Crippen LogP contribution is 2.50. The zero-order valence-corrected chi connectivity index (χ0v) is 27.1. The number of esters is 6. The predicted molar refractivity (Wildman–Crippen MR) is 149 cm³/mol. The molecule has 2 N–H and O–H groups in total. The third-order valence-electron chi connectivity index (χ3n) is 7.75. The Morgan fingerprint density at radius 2 is 1.09 bits per heavy atom. The molecule has 0 spiro atoms. The molecule has 47 heavy (non-hydrogen) atoms. The second kappa shape index (κ2) is 15.7. The Balaban J connectivity index is 2.15. The van der Waals surface area contributed by atoms with E-state index in [1.54, 1.807) is 0 Å². The van der Waals surface area contributed by atoms with Crippen LogP contribution in [0.5, 0.6) is 0 Å². The van der Waals surface area contributed by atoms with Crippen molar-refractivity contribution in [2.24, 2.45) is 11.1 Å². The molecule has 0 aromatic carbocycles. The van der Waals surface area contributed by atoms with Gasteiger partial charge in [-0.05, 0) is 18.3 Å². The van der Waals surface area contributed by atoms with Gasteiger partial charge in [0.05, 0.1) is 0 Å². The minimum atomic E-state index is -1.82. The zero-order chi connectivity index (χ0) is 35.2. The Morgan fingerprint density at radius 1 is 0.596 bits per heavy atom. The van der Waals surface area contributed by atoms with Gasteiger partial charge in [0.25, 0.3) is 0 Å². The maximum atomic E-state index is 12.4. The van der Waals surface area contributed by atoms with Crippen LogP contribution in [-0.2, 0) is 76.1 Å². The number of rotatable bonds is 11. The summed E-state index contributed by atoms with van der Waals surface area (Å²) in [5.41, 5.74) is 4.72. The van der Waals surface area contributed by atoms with Gasteiger partial charge in [-0.3, -0.25) is 28.8 Å². The van der Waals surface area contributed by atoms with Crippen molar-refractivity contribution in [3.63, 3.8) is 0 Å². The molecule has 18 heteroatoms. The minimum absolute atomic E-state index is 0.586. The highest BCUT2D eigenvalue weighted by Gasteiger charge is 2.61. The van der Waals surface area contributed by atoms with Gasteiger partial charge in [-0.1, -0.05) is 13.3 Å². The maximum Gasteiger partial charge on any atom is 0.405 e. The van der Waals surface area contributed by atoms with E-state index in [9.17, 15) is 33.6 Å². The summed E-state index contributed by atoms with van der Waals surface area (Å²) in [6, 6.07) is 0. The molecule has 2 saturated heterocycles. The highest BCUT2D eigenvalue weighted by atomic mass is 16.8. The first kappa shape index (κ1) is 37.4. The minimum Gasteiger partial charge on any atom is -0.463 e. The Morgan fingerprint density at radius 3 is 1.55 bits per heavy atom. The van der Waals surface area contributed by atoms with Crippen LogP contribution >= 0.6 is 0 Å². The summed E-state index contributed by atoms with van der Waals surface area (Å²) >= 11 is 0. The number of hydrogen-bond acceptors (Lipinski definition) is 17. The van der Waals surface area contributed by atoms with Gasteiger partial charge in [-0.2, -0.15) is 0 Å². The summed E-state index contributed by atoms with van der Waals surface area (Å²) in [5, 5.41) is 0. The van der Waals surface area contributed by atoms with E-state index in [1.165, 1.54) is 0 Å². The number of ether oxygens (including phenoxy) is 10. The molecule has 0 aromatic rings. The van der Waals surface area contributed by atoms with Crippen molar-refractivity contribution in [1.29, 1.82) is 0 Å². The molecule has 1 saturated carbocycles. The van der Waals surface area contributed by atoms with Crippen molar-refractivity contribution >= 4 is 41.9 Å². The van der Waals surface area contributed by atoms with Crippen LogP contribution in [0.15, 0.2) is 0 Å². The number of carbonyl (C=O) groups excluding carboxylic acids is 7.